The minimum Gasteiger partial charge on any atom is -0.490 e. The Morgan fingerprint density at radius 3 is 2.46 bits per heavy atom. The second kappa shape index (κ2) is 7.32. The van der Waals surface area contributed by atoms with Crippen LogP contribution in [0.3, 0.4) is 0 Å². The Morgan fingerprint density at radius 2 is 1.75 bits per heavy atom. The maximum absolute atomic E-state index is 12.4. The highest BCUT2D eigenvalue weighted by Crippen LogP contribution is 2.37. The van der Waals surface area contributed by atoms with Crippen LogP contribution in [0.5, 0.6) is 11.5 Å². The highest BCUT2D eigenvalue weighted by atomic mass is 35.5. The Bertz CT molecular complexity index is 764. The molecule has 0 spiro atoms. The molecule has 0 fully saturated rings. The zero-order valence-electron chi connectivity index (χ0n) is 13.1. The predicted molar refractivity (Wildman–Crippen MR) is 94.4 cm³/mol. The molecule has 1 amide bonds. The standard InChI is InChI=1S/C18H17Cl2NO3/c1-11(21-18(22)12-5-2-3-6-14(12)19)13-9-16-17(10-15(13)20)24-8-4-7-23-16/h2-3,5-6,9-11H,4,7-8H2,1H3,(H,21,22)/t11-/m1/s1. The second-order valence-electron chi connectivity index (χ2n) is 5.55. The molecule has 1 atom stereocenters. The van der Waals surface area contributed by atoms with Crippen molar-refractivity contribution in [2.24, 2.45) is 0 Å². The summed E-state index contributed by atoms with van der Waals surface area (Å²) in [7, 11) is 0. The molecular weight excluding hydrogens is 349 g/mol. The molecule has 1 heterocycles. The fraction of sp³-hybridized carbons (Fsp3) is 0.278. The minimum atomic E-state index is -0.307. The van der Waals surface area contributed by atoms with Crippen LogP contribution in [0, 0.1) is 0 Å². The number of hydrogen-bond acceptors (Lipinski definition) is 3. The van der Waals surface area contributed by atoms with E-state index in [1.165, 1.54) is 0 Å². The molecule has 0 aromatic heterocycles. The van der Waals surface area contributed by atoms with Crippen LogP contribution >= 0.6 is 23.2 Å². The van der Waals surface area contributed by atoms with Crippen LogP contribution in [-0.4, -0.2) is 19.1 Å². The second-order valence-corrected chi connectivity index (χ2v) is 6.36. The van der Waals surface area contributed by atoms with Crippen molar-refractivity contribution in [1.29, 1.82) is 0 Å². The lowest BCUT2D eigenvalue weighted by Gasteiger charge is -2.18. The average molecular weight is 366 g/mol. The molecule has 0 saturated heterocycles. The van der Waals surface area contributed by atoms with Crippen molar-refractivity contribution in [2.75, 3.05) is 13.2 Å². The number of nitrogens with one attached hydrogen (secondary N) is 1. The number of hydrogen-bond donors (Lipinski definition) is 1. The highest BCUT2D eigenvalue weighted by Gasteiger charge is 2.20. The summed E-state index contributed by atoms with van der Waals surface area (Å²) in [6.07, 6.45) is 0.820. The number of ether oxygens (including phenoxy) is 2. The number of carbonyl (C=O) groups is 1. The third-order valence-electron chi connectivity index (χ3n) is 3.80. The monoisotopic (exact) mass is 365 g/mol. The molecule has 0 radical (unpaired) electrons. The van der Waals surface area contributed by atoms with Gasteiger partial charge in [0.25, 0.3) is 5.91 Å². The molecule has 4 nitrogen and oxygen atoms in total. The Kier molecular flexibility index (Phi) is 5.17. The van der Waals surface area contributed by atoms with E-state index in [1.807, 2.05) is 13.0 Å². The first-order valence-electron chi connectivity index (χ1n) is 7.70. The van der Waals surface area contributed by atoms with E-state index in [9.17, 15) is 4.79 Å². The number of rotatable bonds is 3. The normalized spacial score (nSPS) is 14.6. The van der Waals surface area contributed by atoms with Gasteiger partial charge in [0.2, 0.25) is 0 Å². The fourth-order valence-corrected chi connectivity index (χ4v) is 3.07. The van der Waals surface area contributed by atoms with Gasteiger partial charge in [0.1, 0.15) is 0 Å². The van der Waals surface area contributed by atoms with Crippen molar-refractivity contribution in [3.8, 4) is 11.5 Å². The molecule has 0 bridgehead atoms. The third-order valence-corrected chi connectivity index (χ3v) is 4.46. The van der Waals surface area contributed by atoms with E-state index in [-0.39, 0.29) is 11.9 Å². The average Bonchev–Trinajstić information content (AvgIpc) is 2.79. The maximum atomic E-state index is 12.4. The van der Waals surface area contributed by atoms with E-state index >= 15 is 0 Å². The summed E-state index contributed by atoms with van der Waals surface area (Å²) in [5.74, 6) is 1.02. The van der Waals surface area contributed by atoms with E-state index in [2.05, 4.69) is 5.32 Å². The topological polar surface area (TPSA) is 47.6 Å². The maximum Gasteiger partial charge on any atom is 0.253 e. The van der Waals surface area contributed by atoms with E-state index in [0.29, 0.717) is 40.3 Å². The van der Waals surface area contributed by atoms with Gasteiger partial charge in [-0.25, -0.2) is 0 Å². The van der Waals surface area contributed by atoms with Gasteiger partial charge < -0.3 is 14.8 Å². The van der Waals surface area contributed by atoms with Gasteiger partial charge in [-0.1, -0.05) is 35.3 Å². The zero-order valence-corrected chi connectivity index (χ0v) is 14.7. The lowest BCUT2D eigenvalue weighted by atomic mass is 10.1. The number of amides is 1. The number of benzene rings is 2. The van der Waals surface area contributed by atoms with E-state index in [4.69, 9.17) is 32.7 Å². The quantitative estimate of drug-likeness (QED) is 0.861. The van der Waals surface area contributed by atoms with Gasteiger partial charge in [0.15, 0.2) is 11.5 Å². The summed E-state index contributed by atoms with van der Waals surface area (Å²) in [6.45, 7) is 3.05. The first kappa shape index (κ1) is 16.9. The largest absolute Gasteiger partial charge is 0.490 e. The Hall–Kier alpha value is -1.91. The van der Waals surface area contributed by atoms with Crippen LogP contribution in [0.15, 0.2) is 36.4 Å². The number of halogens is 2. The molecule has 6 heteroatoms. The van der Waals surface area contributed by atoms with E-state index < -0.39 is 0 Å². The van der Waals surface area contributed by atoms with Gasteiger partial charge >= 0.3 is 0 Å². The molecule has 24 heavy (non-hydrogen) atoms. The Balaban J connectivity index is 1.82. The predicted octanol–water partition coefficient (Wildman–Crippen LogP) is 4.65. The van der Waals surface area contributed by atoms with Crippen LogP contribution in [0.4, 0.5) is 0 Å². The molecule has 1 aliphatic rings. The van der Waals surface area contributed by atoms with Gasteiger partial charge in [-0.05, 0) is 30.7 Å². The molecular formula is C18H17Cl2NO3. The lowest BCUT2D eigenvalue weighted by Crippen LogP contribution is -2.27. The fourth-order valence-electron chi connectivity index (χ4n) is 2.53. The Morgan fingerprint density at radius 1 is 1.08 bits per heavy atom. The minimum absolute atomic E-state index is 0.253. The van der Waals surface area contributed by atoms with Crippen LogP contribution in [-0.2, 0) is 0 Å². The summed E-state index contributed by atoms with van der Waals surface area (Å²) in [6, 6.07) is 10.2. The van der Waals surface area contributed by atoms with E-state index in [0.717, 1.165) is 12.0 Å². The molecule has 2 aromatic rings. The molecule has 0 aliphatic carbocycles. The van der Waals surface area contributed by atoms with Crippen LogP contribution < -0.4 is 14.8 Å². The molecule has 0 saturated carbocycles. The molecule has 126 valence electrons. The summed E-state index contributed by atoms with van der Waals surface area (Å²) in [4.78, 5) is 12.4. The van der Waals surface area contributed by atoms with Gasteiger partial charge in [-0.15, -0.1) is 0 Å². The van der Waals surface area contributed by atoms with Gasteiger partial charge in [0, 0.05) is 17.5 Å². The summed E-state index contributed by atoms with van der Waals surface area (Å²) in [5, 5.41) is 3.84. The SMILES string of the molecule is C[C@@H](NC(=O)c1ccccc1Cl)c1cc2c(cc1Cl)OCCCO2. The van der Waals surface area contributed by atoms with Gasteiger partial charge in [0.05, 0.1) is 29.8 Å². The first-order chi connectivity index (χ1) is 11.6. The van der Waals surface area contributed by atoms with Gasteiger partial charge in [-0.2, -0.15) is 0 Å². The van der Waals surface area contributed by atoms with Crippen molar-refractivity contribution in [3.05, 3.63) is 57.6 Å². The van der Waals surface area contributed by atoms with Crippen molar-refractivity contribution in [1.82, 2.24) is 5.32 Å². The lowest BCUT2D eigenvalue weighted by molar-refractivity contribution is 0.0940. The summed E-state index contributed by atoms with van der Waals surface area (Å²) < 4.78 is 11.3. The van der Waals surface area contributed by atoms with Gasteiger partial charge in [-0.3, -0.25) is 4.79 Å². The Labute approximate surface area is 150 Å². The van der Waals surface area contributed by atoms with Crippen molar-refractivity contribution >= 4 is 29.1 Å². The molecule has 2 aromatic carbocycles. The third kappa shape index (κ3) is 3.60. The number of fused-ring (bicyclic) bond motifs is 1. The van der Waals surface area contributed by atoms with Crippen LogP contribution in [0.2, 0.25) is 10.0 Å². The van der Waals surface area contributed by atoms with E-state index in [1.54, 1.807) is 30.3 Å². The van der Waals surface area contributed by atoms with Crippen LogP contribution in [0.1, 0.15) is 35.3 Å². The zero-order chi connectivity index (χ0) is 17.1. The summed E-state index contributed by atoms with van der Waals surface area (Å²) >= 11 is 12.4. The van der Waals surface area contributed by atoms with Crippen molar-refractivity contribution < 1.29 is 14.3 Å². The summed E-state index contributed by atoms with van der Waals surface area (Å²) in [5.41, 5.74) is 1.19. The molecule has 1 N–H and O–H groups in total. The first-order valence-corrected chi connectivity index (χ1v) is 8.46. The van der Waals surface area contributed by atoms with Crippen molar-refractivity contribution in [3.63, 3.8) is 0 Å². The molecule has 1 aliphatic heterocycles. The molecule has 3 rings (SSSR count). The number of carbonyl (C=O) groups excluding carboxylic acids is 1. The molecule has 0 unspecified atom stereocenters. The highest BCUT2D eigenvalue weighted by molar-refractivity contribution is 6.34. The van der Waals surface area contributed by atoms with Crippen molar-refractivity contribution in [2.45, 2.75) is 19.4 Å². The van der Waals surface area contributed by atoms with Crippen LogP contribution in [0.25, 0.3) is 0 Å². The smallest absolute Gasteiger partial charge is 0.253 e.